The van der Waals surface area contributed by atoms with Crippen LogP contribution in [-0.2, 0) is 9.47 Å². The zero-order valence-electron chi connectivity index (χ0n) is 15.6. The highest BCUT2D eigenvalue weighted by atomic mass is 16.7. The summed E-state index contributed by atoms with van der Waals surface area (Å²) in [6.45, 7) is 13.1. The predicted octanol–water partition coefficient (Wildman–Crippen LogP) is 5.24. The lowest BCUT2D eigenvalue weighted by Gasteiger charge is -2.38. The number of methoxy groups -OCH3 is 2. The van der Waals surface area contributed by atoms with E-state index in [1.54, 1.807) is 14.2 Å². The molecule has 0 amide bonds. The quantitative estimate of drug-likeness (QED) is 0.706. The third-order valence-corrected chi connectivity index (χ3v) is 4.50. The number of rotatable bonds is 5. The maximum atomic E-state index is 10.8. The Morgan fingerprint density at radius 2 is 1.68 bits per heavy atom. The Labute approximate surface area is 136 Å². The van der Waals surface area contributed by atoms with Crippen LogP contribution in [0.25, 0.3) is 0 Å². The second kappa shape index (κ2) is 7.18. The van der Waals surface area contributed by atoms with Crippen molar-refractivity contribution in [1.82, 2.24) is 0 Å². The summed E-state index contributed by atoms with van der Waals surface area (Å²) >= 11 is 0. The van der Waals surface area contributed by atoms with Crippen LogP contribution in [0.4, 0.5) is 0 Å². The monoisotopic (exact) mass is 310 g/mol. The van der Waals surface area contributed by atoms with E-state index in [9.17, 15) is 5.11 Å². The molecule has 1 N–H and O–H groups in total. The van der Waals surface area contributed by atoms with Gasteiger partial charge in [0.2, 0.25) is 0 Å². The number of ether oxygens (including phenoxy) is 2. The van der Waals surface area contributed by atoms with Crippen molar-refractivity contribution in [1.29, 1.82) is 0 Å². The average molecular weight is 310 g/mol. The lowest BCUT2D eigenvalue weighted by molar-refractivity contribution is -0.105. The molecule has 1 rings (SSSR count). The van der Waals surface area contributed by atoms with Crippen molar-refractivity contribution in [3.63, 3.8) is 0 Å². The van der Waals surface area contributed by atoms with Crippen LogP contribution in [0.3, 0.4) is 0 Å². The van der Waals surface area contributed by atoms with Crippen LogP contribution in [0, 0.1) is 16.7 Å². The lowest BCUT2D eigenvalue weighted by Crippen LogP contribution is -2.29. The van der Waals surface area contributed by atoms with Gasteiger partial charge in [-0.05, 0) is 29.2 Å². The molecule has 0 saturated carbocycles. The zero-order chi connectivity index (χ0) is 17.1. The van der Waals surface area contributed by atoms with E-state index >= 15 is 0 Å². The molecule has 0 aliphatic heterocycles. The van der Waals surface area contributed by atoms with E-state index in [0.717, 1.165) is 24.8 Å². The van der Waals surface area contributed by atoms with Crippen molar-refractivity contribution >= 4 is 0 Å². The second-order valence-electron chi connectivity index (χ2n) is 8.41. The molecule has 1 unspecified atom stereocenters. The van der Waals surface area contributed by atoms with Crippen molar-refractivity contribution in [2.45, 2.75) is 67.1 Å². The summed E-state index contributed by atoms with van der Waals surface area (Å²) in [5.74, 6) is 0.740. The molecule has 0 saturated heterocycles. The molecule has 0 aromatic rings. The Morgan fingerprint density at radius 1 is 1.14 bits per heavy atom. The molecular formula is C19H34O3. The summed E-state index contributed by atoms with van der Waals surface area (Å²) in [5, 5.41) is 10.8. The van der Waals surface area contributed by atoms with Gasteiger partial charge in [-0.2, -0.15) is 0 Å². The molecule has 0 bridgehead atoms. The van der Waals surface area contributed by atoms with Gasteiger partial charge in [-0.25, -0.2) is 0 Å². The predicted molar refractivity (Wildman–Crippen MR) is 91.8 cm³/mol. The number of aliphatic hydroxyl groups excluding tert-OH is 1. The molecule has 3 nitrogen and oxygen atoms in total. The summed E-state index contributed by atoms with van der Waals surface area (Å²) in [6.07, 6.45) is 4.72. The maximum absolute atomic E-state index is 10.8. The van der Waals surface area contributed by atoms with E-state index < -0.39 is 0 Å². The summed E-state index contributed by atoms with van der Waals surface area (Å²) in [7, 11) is 3.35. The number of hydrogen-bond donors (Lipinski definition) is 1. The van der Waals surface area contributed by atoms with Gasteiger partial charge < -0.3 is 14.6 Å². The fourth-order valence-electron chi connectivity index (χ4n) is 3.01. The van der Waals surface area contributed by atoms with Gasteiger partial charge in [-0.1, -0.05) is 53.2 Å². The average Bonchev–Trinajstić information content (AvgIpc) is 2.38. The molecule has 22 heavy (non-hydrogen) atoms. The summed E-state index contributed by atoms with van der Waals surface area (Å²) in [5.41, 5.74) is 2.44. The van der Waals surface area contributed by atoms with Crippen molar-refractivity contribution < 1.29 is 14.6 Å². The standard InChI is InChI=1S/C19H34O3/c1-18(2,3)14-11-13(9-10-16(21-7)22-8)12-15(17(14)20)19(4,5)6/h11,15-16,20H,9-10,12H2,1-8H3. The molecule has 0 aromatic heterocycles. The summed E-state index contributed by atoms with van der Waals surface area (Å²) in [4.78, 5) is 0. The summed E-state index contributed by atoms with van der Waals surface area (Å²) in [6, 6.07) is 0. The Bertz CT molecular complexity index is 429. The van der Waals surface area contributed by atoms with E-state index in [4.69, 9.17) is 9.47 Å². The first kappa shape index (κ1) is 19.2. The van der Waals surface area contributed by atoms with E-state index in [1.165, 1.54) is 5.57 Å². The van der Waals surface area contributed by atoms with Crippen LogP contribution < -0.4 is 0 Å². The molecule has 0 heterocycles. The molecule has 1 aliphatic carbocycles. The fraction of sp³-hybridized carbons (Fsp3) is 0.789. The van der Waals surface area contributed by atoms with Gasteiger partial charge in [-0.3, -0.25) is 0 Å². The highest BCUT2D eigenvalue weighted by Crippen LogP contribution is 2.45. The minimum Gasteiger partial charge on any atom is -0.512 e. The van der Waals surface area contributed by atoms with Crippen molar-refractivity contribution in [3.05, 3.63) is 23.0 Å². The first-order chi connectivity index (χ1) is 10.0. The Balaban J connectivity index is 3.05. The number of hydrogen-bond acceptors (Lipinski definition) is 3. The Hall–Kier alpha value is -0.800. The van der Waals surface area contributed by atoms with Gasteiger partial charge in [-0.15, -0.1) is 0 Å². The van der Waals surface area contributed by atoms with Crippen LogP contribution in [0.2, 0.25) is 0 Å². The van der Waals surface area contributed by atoms with Crippen LogP contribution >= 0.6 is 0 Å². The molecule has 128 valence electrons. The largest absolute Gasteiger partial charge is 0.512 e. The Kier molecular flexibility index (Phi) is 6.28. The molecular weight excluding hydrogens is 276 g/mol. The molecule has 1 atom stereocenters. The normalized spacial score (nSPS) is 20.6. The molecule has 0 fully saturated rings. The summed E-state index contributed by atoms with van der Waals surface area (Å²) < 4.78 is 10.6. The van der Waals surface area contributed by atoms with Gasteiger partial charge >= 0.3 is 0 Å². The van der Waals surface area contributed by atoms with Crippen molar-refractivity contribution in [2.24, 2.45) is 16.7 Å². The van der Waals surface area contributed by atoms with E-state index in [0.29, 0.717) is 5.76 Å². The highest BCUT2D eigenvalue weighted by Gasteiger charge is 2.36. The number of aliphatic hydroxyl groups is 1. The number of allylic oxidation sites excluding steroid dienone is 4. The van der Waals surface area contributed by atoms with Crippen LogP contribution in [-0.4, -0.2) is 25.6 Å². The van der Waals surface area contributed by atoms with E-state index in [2.05, 4.69) is 47.6 Å². The molecule has 3 heteroatoms. The van der Waals surface area contributed by atoms with Gasteiger partial charge in [0, 0.05) is 26.6 Å². The first-order valence-corrected chi connectivity index (χ1v) is 8.19. The van der Waals surface area contributed by atoms with Crippen LogP contribution in [0.1, 0.15) is 60.8 Å². The zero-order valence-corrected chi connectivity index (χ0v) is 15.6. The molecule has 0 radical (unpaired) electrons. The third kappa shape index (κ3) is 4.85. The van der Waals surface area contributed by atoms with Gasteiger partial charge in [0.15, 0.2) is 6.29 Å². The second-order valence-corrected chi connectivity index (χ2v) is 8.41. The van der Waals surface area contributed by atoms with E-state index in [-0.39, 0.29) is 23.0 Å². The lowest BCUT2D eigenvalue weighted by atomic mass is 9.68. The SMILES string of the molecule is COC(CCC1=CC(C(C)(C)C)=C(O)C(C(C)(C)C)C1)OC. The van der Waals surface area contributed by atoms with Gasteiger partial charge in [0.25, 0.3) is 0 Å². The minimum atomic E-state index is -0.161. The topological polar surface area (TPSA) is 38.7 Å². The Morgan fingerprint density at radius 3 is 2.09 bits per heavy atom. The van der Waals surface area contributed by atoms with E-state index in [1.807, 2.05) is 0 Å². The van der Waals surface area contributed by atoms with Crippen LogP contribution in [0.5, 0.6) is 0 Å². The first-order valence-electron chi connectivity index (χ1n) is 8.19. The van der Waals surface area contributed by atoms with Gasteiger partial charge in [0.05, 0.1) is 5.76 Å². The highest BCUT2D eigenvalue weighted by molar-refractivity contribution is 5.37. The fourth-order valence-corrected chi connectivity index (χ4v) is 3.01. The third-order valence-electron chi connectivity index (χ3n) is 4.50. The van der Waals surface area contributed by atoms with Crippen LogP contribution in [0.15, 0.2) is 23.0 Å². The molecule has 1 aliphatic rings. The van der Waals surface area contributed by atoms with Gasteiger partial charge in [0.1, 0.15) is 0 Å². The van der Waals surface area contributed by atoms with Crippen molar-refractivity contribution in [3.8, 4) is 0 Å². The van der Waals surface area contributed by atoms with Crippen molar-refractivity contribution in [2.75, 3.05) is 14.2 Å². The maximum Gasteiger partial charge on any atom is 0.157 e. The smallest absolute Gasteiger partial charge is 0.157 e. The minimum absolute atomic E-state index is 0.0437. The molecule has 0 aromatic carbocycles. The molecule has 0 spiro atoms.